The molecule has 1 aromatic rings. The first-order chi connectivity index (χ1) is 7.54. The molecule has 0 unspecified atom stereocenters. The zero-order valence-electron chi connectivity index (χ0n) is 9.62. The Kier molecular flexibility index (Phi) is 4.10. The number of nitrogens with zero attached hydrogens (tertiary/aromatic N) is 1. The van der Waals surface area contributed by atoms with E-state index in [-0.39, 0.29) is 17.9 Å². The lowest BCUT2D eigenvalue weighted by Gasteiger charge is -2.08. The van der Waals surface area contributed by atoms with E-state index < -0.39 is 0 Å². The number of carbonyl (C=O) groups excluding carboxylic acids is 1. The molecule has 5 nitrogen and oxygen atoms in total. The summed E-state index contributed by atoms with van der Waals surface area (Å²) in [5.74, 6) is -0.0615. The fourth-order valence-corrected chi connectivity index (χ4v) is 1.37. The molecule has 0 aliphatic carbocycles. The lowest BCUT2D eigenvalue weighted by molar-refractivity contribution is -0.121. The maximum Gasteiger partial charge on any atom is 0.250 e. The van der Waals surface area contributed by atoms with Crippen LogP contribution >= 0.6 is 0 Å². The fraction of sp³-hybridized carbons (Fsp3) is 0.455. The molecule has 1 rings (SSSR count). The number of nitrogen functional groups attached to an aromatic ring is 1. The highest BCUT2D eigenvalue weighted by molar-refractivity contribution is 5.75. The smallest absolute Gasteiger partial charge is 0.250 e. The summed E-state index contributed by atoms with van der Waals surface area (Å²) >= 11 is 0. The molecular formula is C11H17N3O2. The first kappa shape index (κ1) is 12.3. The summed E-state index contributed by atoms with van der Waals surface area (Å²) < 4.78 is 1.46. The Morgan fingerprint density at radius 2 is 2.25 bits per heavy atom. The molecule has 88 valence electrons. The molecule has 16 heavy (non-hydrogen) atoms. The molecule has 3 N–H and O–H groups in total. The van der Waals surface area contributed by atoms with E-state index in [0.29, 0.717) is 18.8 Å². The van der Waals surface area contributed by atoms with Crippen molar-refractivity contribution in [1.82, 2.24) is 9.88 Å². The van der Waals surface area contributed by atoms with Gasteiger partial charge in [0, 0.05) is 31.8 Å². The van der Waals surface area contributed by atoms with Crippen molar-refractivity contribution in [2.24, 2.45) is 0 Å². The molecule has 1 heterocycles. The summed E-state index contributed by atoms with van der Waals surface area (Å²) in [4.78, 5) is 22.8. The number of hydrogen-bond acceptors (Lipinski definition) is 3. The van der Waals surface area contributed by atoms with Crippen LogP contribution in [0, 0.1) is 6.92 Å². The van der Waals surface area contributed by atoms with Gasteiger partial charge in [-0.3, -0.25) is 9.59 Å². The van der Waals surface area contributed by atoms with Crippen molar-refractivity contribution in [3.8, 4) is 0 Å². The Bertz CT molecular complexity index is 437. The van der Waals surface area contributed by atoms with Crippen molar-refractivity contribution in [2.45, 2.75) is 26.8 Å². The molecule has 0 bridgehead atoms. The van der Waals surface area contributed by atoms with Gasteiger partial charge in [-0.2, -0.15) is 0 Å². The van der Waals surface area contributed by atoms with Crippen LogP contribution in [-0.2, 0) is 11.3 Å². The number of carbonyl (C=O) groups is 1. The number of pyridine rings is 1. The molecule has 0 saturated heterocycles. The number of aromatic nitrogens is 1. The Hall–Kier alpha value is -1.78. The first-order valence-electron chi connectivity index (χ1n) is 5.28. The zero-order chi connectivity index (χ0) is 12.1. The van der Waals surface area contributed by atoms with E-state index in [2.05, 4.69) is 5.32 Å². The van der Waals surface area contributed by atoms with Crippen LogP contribution in [0.5, 0.6) is 0 Å². The number of hydrogen-bond donors (Lipinski definition) is 2. The van der Waals surface area contributed by atoms with Gasteiger partial charge in [-0.05, 0) is 19.4 Å². The normalized spacial score (nSPS) is 10.1. The summed E-state index contributed by atoms with van der Waals surface area (Å²) in [6.07, 6.45) is 1.87. The van der Waals surface area contributed by atoms with Gasteiger partial charge >= 0.3 is 0 Å². The zero-order valence-corrected chi connectivity index (χ0v) is 9.62. The Labute approximate surface area is 94.3 Å². The average Bonchev–Trinajstić information content (AvgIpc) is 2.22. The summed E-state index contributed by atoms with van der Waals surface area (Å²) in [6, 6.07) is 1.48. The topological polar surface area (TPSA) is 77.1 Å². The van der Waals surface area contributed by atoms with Crippen LogP contribution in [0.2, 0.25) is 0 Å². The molecule has 0 fully saturated rings. The van der Waals surface area contributed by atoms with Crippen molar-refractivity contribution in [3.63, 3.8) is 0 Å². The number of anilines is 1. The molecule has 0 saturated carbocycles. The largest absolute Gasteiger partial charge is 0.397 e. The van der Waals surface area contributed by atoms with Crippen LogP contribution in [0.3, 0.4) is 0 Å². The van der Waals surface area contributed by atoms with Crippen LogP contribution in [0.1, 0.15) is 18.9 Å². The first-order valence-corrected chi connectivity index (χ1v) is 5.28. The Morgan fingerprint density at radius 3 is 2.88 bits per heavy atom. The van der Waals surface area contributed by atoms with E-state index in [9.17, 15) is 9.59 Å². The minimum atomic E-state index is -0.129. The van der Waals surface area contributed by atoms with Gasteiger partial charge in [-0.1, -0.05) is 0 Å². The summed E-state index contributed by atoms with van der Waals surface area (Å²) in [5, 5.41) is 2.68. The number of amides is 1. The van der Waals surface area contributed by atoms with E-state index in [1.165, 1.54) is 10.6 Å². The fourth-order valence-electron chi connectivity index (χ4n) is 1.37. The van der Waals surface area contributed by atoms with Gasteiger partial charge in [0.2, 0.25) is 5.91 Å². The third-order valence-corrected chi connectivity index (χ3v) is 2.33. The summed E-state index contributed by atoms with van der Waals surface area (Å²) in [5.41, 5.74) is 6.89. The highest BCUT2D eigenvalue weighted by Gasteiger charge is 2.03. The van der Waals surface area contributed by atoms with Crippen LogP contribution < -0.4 is 16.6 Å². The lowest BCUT2D eigenvalue weighted by atomic mass is 10.2. The predicted molar refractivity (Wildman–Crippen MR) is 63.2 cm³/mol. The predicted octanol–water partition coefficient (Wildman–Crippen LogP) is 0.265. The van der Waals surface area contributed by atoms with Crippen molar-refractivity contribution in [3.05, 3.63) is 28.2 Å². The highest BCUT2D eigenvalue weighted by Crippen LogP contribution is 2.05. The number of rotatable bonds is 4. The molecule has 0 spiro atoms. The lowest BCUT2D eigenvalue weighted by Crippen LogP contribution is -2.27. The van der Waals surface area contributed by atoms with Gasteiger partial charge in [-0.25, -0.2) is 0 Å². The molecule has 0 aliphatic heterocycles. The Balaban J connectivity index is 2.71. The van der Waals surface area contributed by atoms with Gasteiger partial charge in [0.1, 0.15) is 0 Å². The van der Waals surface area contributed by atoms with Crippen LogP contribution in [0.4, 0.5) is 5.69 Å². The Morgan fingerprint density at radius 1 is 1.56 bits per heavy atom. The average molecular weight is 223 g/mol. The van der Waals surface area contributed by atoms with Crippen LogP contribution in [-0.4, -0.2) is 17.0 Å². The quantitative estimate of drug-likeness (QED) is 0.769. The molecule has 0 atom stereocenters. The van der Waals surface area contributed by atoms with Gasteiger partial charge in [-0.15, -0.1) is 0 Å². The minimum Gasteiger partial charge on any atom is -0.397 e. The summed E-state index contributed by atoms with van der Waals surface area (Å²) in [7, 11) is 0. The van der Waals surface area contributed by atoms with Crippen molar-refractivity contribution < 1.29 is 4.79 Å². The van der Waals surface area contributed by atoms with Crippen molar-refractivity contribution >= 4 is 11.6 Å². The number of nitrogens with two attached hydrogens (primary N) is 1. The highest BCUT2D eigenvalue weighted by atomic mass is 16.1. The van der Waals surface area contributed by atoms with Crippen LogP contribution in [0.25, 0.3) is 0 Å². The second-order valence-corrected chi connectivity index (χ2v) is 3.65. The van der Waals surface area contributed by atoms with E-state index in [4.69, 9.17) is 5.73 Å². The van der Waals surface area contributed by atoms with Crippen molar-refractivity contribution in [1.29, 1.82) is 0 Å². The van der Waals surface area contributed by atoms with Gasteiger partial charge < -0.3 is 15.6 Å². The minimum absolute atomic E-state index is 0.0615. The van der Waals surface area contributed by atoms with E-state index in [1.807, 2.05) is 6.92 Å². The van der Waals surface area contributed by atoms with E-state index in [1.54, 1.807) is 13.1 Å². The van der Waals surface area contributed by atoms with Gasteiger partial charge in [0.15, 0.2) is 0 Å². The molecule has 0 aliphatic rings. The third-order valence-electron chi connectivity index (χ3n) is 2.33. The van der Waals surface area contributed by atoms with Gasteiger partial charge in [0.25, 0.3) is 5.56 Å². The maximum absolute atomic E-state index is 11.5. The van der Waals surface area contributed by atoms with Crippen molar-refractivity contribution in [2.75, 3.05) is 12.3 Å². The molecule has 0 radical (unpaired) electrons. The second kappa shape index (κ2) is 5.34. The SMILES string of the molecule is CCNC(=O)CCn1cc(N)c(C)cc1=O. The number of nitrogens with one attached hydrogen (secondary N) is 1. The maximum atomic E-state index is 11.5. The second-order valence-electron chi connectivity index (χ2n) is 3.65. The number of aryl methyl sites for hydroxylation is 2. The van der Waals surface area contributed by atoms with Gasteiger partial charge in [0.05, 0.1) is 5.69 Å². The summed E-state index contributed by atoms with van der Waals surface area (Å²) in [6.45, 7) is 4.59. The molecule has 1 amide bonds. The van der Waals surface area contributed by atoms with Crippen LogP contribution in [0.15, 0.2) is 17.1 Å². The van der Waals surface area contributed by atoms with E-state index in [0.717, 1.165) is 5.56 Å². The molecular weight excluding hydrogens is 206 g/mol. The van der Waals surface area contributed by atoms with E-state index >= 15 is 0 Å². The molecule has 5 heteroatoms. The molecule has 1 aromatic heterocycles. The monoisotopic (exact) mass is 223 g/mol. The molecule has 0 aromatic carbocycles. The third kappa shape index (κ3) is 3.12. The standard InChI is InChI=1S/C11H17N3O2/c1-3-13-10(15)4-5-14-7-9(12)8(2)6-11(14)16/h6-7H,3-5,12H2,1-2H3,(H,13,15).